The average molecular weight is 349 g/mol. The molecule has 0 heterocycles. The van der Waals surface area contributed by atoms with E-state index in [1.165, 1.54) is 23.5 Å². The minimum absolute atomic E-state index is 0.196. The zero-order valence-electron chi connectivity index (χ0n) is 12.1. The van der Waals surface area contributed by atoms with Crippen molar-refractivity contribution in [2.75, 3.05) is 0 Å². The molecule has 2 aromatic rings. The van der Waals surface area contributed by atoms with Crippen LogP contribution in [-0.4, -0.2) is 15.1 Å². The highest BCUT2D eigenvalue weighted by atomic mass is 32.2. The monoisotopic (exact) mass is 349 g/mol. The second kappa shape index (κ2) is 8.50. The van der Waals surface area contributed by atoms with Gasteiger partial charge in [-0.15, -0.1) is 23.5 Å². The summed E-state index contributed by atoms with van der Waals surface area (Å²) in [6.45, 7) is 0. The number of thioether (sulfide) groups is 2. The molecule has 0 spiro atoms. The maximum atomic E-state index is 10.8. The van der Waals surface area contributed by atoms with Crippen LogP contribution in [0.2, 0.25) is 0 Å². The molecule has 23 heavy (non-hydrogen) atoms. The Bertz CT molecular complexity index is 633. The number of hydrogen-bond acceptors (Lipinski definition) is 6. The van der Waals surface area contributed by atoms with Gasteiger partial charge in [0.2, 0.25) is 0 Å². The van der Waals surface area contributed by atoms with E-state index < -0.39 is 4.92 Å². The molecule has 0 radical (unpaired) electrons. The maximum absolute atomic E-state index is 10.8. The quantitative estimate of drug-likeness (QED) is 0.571. The van der Waals surface area contributed by atoms with Gasteiger partial charge in [-0.3, -0.25) is 10.1 Å². The van der Waals surface area contributed by atoms with Gasteiger partial charge in [-0.25, -0.2) is 0 Å². The molecule has 0 saturated heterocycles. The molecule has 0 aromatic heterocycles. The molecule has 0 aliphatic carbocycles. The molecule has 120 valence electrons. The third-order valence-electron chi connectivity index (χ3n) is 2.85. The largest absolute Gasteiger partial charge is 0.508 e. The lowest BCUT2D eigenvalue weighted by molar-refractivity contribution is -0.402. The van der Waals surface area contributed by atoms with Crippen molar-refractivity contribution in [2.45, 2.75) is 11.5 Å². The lowest BCUT2D eigenvalue weighted by Crippen LogP contribution is -1.88. The third-order valence-corrected chi connectivity index (χ3v) is 5.29. The number of phenolic OH excluding ortho intramolecular Hbond substituents is 2. The molecular formula is C16H15NO4S2. The average Bonchev–Trinajstić information content (AvgIpc) is 2.52. The van der Waals surface area contributed by atoms with Crippen LogP contribution < -0.4 is 0 Å². The summed E-state index contributed by atoms with van der Waals surface area (Å²) in [5.41, 5.74) is 1.96. The fourth-order valence-electron chi connectivity index (χ4n) is 1.70. The van der Waals surface area contributed by atoms with Gasteiger partial charge >= 0.3 is 0 Å². The maximum Gasteiger partial charge on any atom is 0.254 e. The van der Waals surface area contributed by atoms with E-state index in [1.54, 1.807) is 48.5 Å². The summed E-state index contributed by atoms with van der Waals surface area (Å²) in [5, 5.41) is 29.3. The number of nitrogens with zero attached hydrogens (tertiary/aromatic N) is 1. The first-order chi connectivity index (χ1) is 11.0. The topological polar surface area (TPSA) is 83.6 Å². The number of phenols is 2. The third kappa shape index (κ3) is 6.25. The van der Waals surface area contributed by atoms with Crippen molar-refractivity contribution >= 4 is 23.5 Å². The number of rotatable bonds is 7. The predicted molar refractivity (Wildman–Crippen MR) is 93.9 cm³/mol. The first-order valence-electron chi connectivity index (χ1n) is 6.69. The van der Waals surface area contributed by atoms with Crippen LogP contribution in [0.4, 0.5) is 0 Å². The minimum atomic E-state index is -0.455. The van der Waals surface area contributed by atoms with Gasteiger partial charge in [0.05, 0.1) is 4.92 Å². The summed E-state index contributed by atoms with van der Waals surface area (Å²) in [4.78, 5) is 10.3. The number of nitro groups is 1. The highest BCUT2D eigenvalue weighted by Crippen LogP contribution is 2.34. The van der Waals surface area contributed by atoms with Crippen LogP contribution in [0, 0.1) is 10.1 Å². The van der Waals surface area contributed by atoms with Crippen LogP contribution >= 0.6 is 23.5 Å². The van der Waals surface area contributed by atoms with Gasteiger partial charge < -0.3 is 10.2 Å². The van der Waals surface area contributed by atoms with E-state index in [0.717, 1.165) is 17.3 Å². The Morgan fingerprint density at radius 2 is 1.30 bits per heavy atom. The normalized spacial score (nSPS) is 10.3. The van der Waals surface area contributed by atoms with Crippen molar-refractivity contribution in [3.8, 4) is 11.5 Å². The molecule has 5 nitrogen and oxygen atoms in total. The van der Waals surface area contributed by atoms with Gasteiger partial charge in [0.1, 0.15) is 15.7 Å². The van der Waals surface area contributed by atoms with Gasteiger partial charge in [-0.05, 0) is 35.4 Å². The summed E-state index contributed by atoms with van der Waals surface area (Å²) < 4.78 is 0.608. The lowest BCUT2D eigenvalue weighted by Gasteiger charge is -2.06. The molecule has 0 unspecified atom stereocenters. The first-order valence-corrected chi connectivity index (χ1v) is 8.67. The lowest BCUT2D eigenvalue weighted by atomic mass is 10.2. The van der Waals surface area contributed by atoms with Crippen LogP contribution in [0.3, 0.4) is 0 Å². The Kier molecular flexibility index (Phi) is 6.37. The highest BCUT2D eigenvalue weighted by molar-refractivity contribution is 8.21. The Morgan fingerprint density at radius 3 is 1.65 bits per heavy atom. The molecule has 2 N–H and O–H groups in total. The molecule has 2 aromatic carbocycles. The Balaban J connectivity index is 1.95. The van der Waals surface area contributed by atoms with Crippen molar-refractivity contribution < 1.29 is 15.1 Å². The molecule has 0 bridgehead atoms. The van der Waals surface area contributed by atoms with Gasteiger partial charge in [-0.1, -0.05) is 24.3 Å². The molecule has 2 rings (SSSR count). The van der Waals surface area contributed by atoms with Gasteiger partial charge in [-0.2, -0.15) is 0 Å². The van der Waals surface area contributed by atoms with Crippen LogP contribution in [0.25, 0.3) is 0 Å². The molecule has 0 amide bonds. The van der Waals surface area contributed by atoms with E-state index >= 15 is 0 Å². The van der Waals surface area contributed by atoms with Crippen molar-refractivity contribution in [1.82, 2.24) is 0 Å². The van der Waals surface area contributed by atoms with Crippen molar-refractivity contribution in [1.29, 1.82) is 0 Å². The van der Waals surface area contributed by atoms with E-state index in [9.17, 15) is 20.3 Å². The van der Waals surface area contributed by atoms with E-state index in [4.69, 9.17) is 0 Å². The summed E-state index contributed by atoms with van der Waals surface area (Å²) in [7, 11) is 0. The molecule has 0 aliphatic rings. The molecule has 0 fully saturated rings. The second-order valence-corrected chi connectivity index (χ2v) is 6.94. The van der Waals surface area contributed by atoms with E-state index in [2.05, 4.69) is 0 Å². The van der Waals surface area contributed by atoms with Crippen molar-refractivity contribution in [3.05, 3.63) is 80.2 Å². The number of hydrogen-bond donors (Lipinski definition) is 2. The summed E-state index contributed by atoms with van der Waals surface area (Å²) >= 11 is 2.77. The Morgan fingerprint density at radius 1 is 0.913 bits per heavy atom. The zero-order chi connectivity index (χ0) is 16.7. The fourth-order valence-corrected chi connectivity index (χ4v) is 3.71. The standard InChI is InChI=1S/C16H15NO4S2/c18-14-5-1-12(2-6-14)10-22-16(9-17(20)21)23-11-13-3-7-15(19)8-4-13/h1-9,18-19H,10-11H2. The van der Waals surface area contributed by atoms with Crippen molar-refractivity contribution in [3.63, 3.8) is 0 Å². The number of benzene rings is 2. The Hall–Kier alpha value is -2.12. The molecule has 0 saturated carbocycles. The molecular weight excluding hydrogens is 334 g/mol. The second-order valence-electron chi connectivity index (χ2n) is 4.64. The van der Waals surface area contributed by atoms with E-state index in [1.807, 2.05) is 0 Å². The minimum Gasteiger partial charge on any atom is -0.508 e. The van der Waals surface area contributed by atoms with Crippen LogP contribution in [0.1, 0.15) is 11.1 Å². The van der Waals surface area contributed by atoms with Crippen LogP contribution in [0.5, 0.6) is 11.5 Å². The SMILES string of the molecule is O=[N+]([O-])C=C(SCc1ccc(O)cc1)SCc1ccc(O)cc1. The van der Waals surface area contributed by atoms with Crippen LogP contribution in [0.15, 0.2) is 59.0 Å². The molecule has 0 atom stereocenters. The first kappa shape index (κ1) is 17.2. The molecule has 0 aliphatic heterocycles. The van der Waals surface area contributed by atoms with E-state index in [-0.39, 0.29) is 11.5 Å². The Labute approximate surface area is 142 Å². The summed E-state index contributed by atoms with van der Waals surface area (Å²) in [5.74, 6) is 1.56. The molecule has 7 heteroatoms. The van der Waals surface area contributed by atoms with Gasteiger partial charge in [0, 0.05) is 11.5 Å². The van der Waals surface area contributed by atoms with E-state index in [0.29, 0.717) is 15.7 Å². The smallest absolute Gasteiger partial charge is 0.254 e. The summed E-state index contributed by atoms with van der Waals surface area (Å²) in [6.07, 6.45) is 1.01. The van der Waals surface area contributed by atoms with Crippen LogP contribution in [-0.2, 0) is 11.5 Å². The zero-order valence-corrected chi connectivity index (χ0v) is 13.7. The predicted octanol–water partition coefficient (Wildman–Crippen LogP) is 4.34. The fraction of sp³-hybridized carbons (Fsp3) is 0.125. The highest BCUT2D eigenvalue weighted by Gasteiger charge is 2.07. The number of aromatic hydroxyl groups is 2. The van der Waals surface area contributed by atoms with Gasteiger partial charge in [0.25, 0.3) is 6.20 Å². The van der Waals surface area contributed by atoms with Crippen molar-refractivity contribution in [2.24, 2.45) is 0 Å². The van der Waals surface area contributed by atoms with Gasteiger partial charge in [0.15, 0.2) is 0 Å². The summed E-state index contributed by atoms with van der Waals surface area (Å²) in [6, 6.07) is 13.5.